The van der Waals surface area contributed by atoms with Crippen molar-refractivity contribution in [1.29, 1.82) is 0 Å². The molecule has 14 heavy (non-hydrogen) atoms. The van der Waals surface area contributed by atoms with Crippen LogP contribution < -0.4 is 5.73 Å². The highest BCUT2D eigenvalue weighted by molar-refractivity contribution is 9.10. The van der Waals surface area contributed by atoms with Gasteiger partial charge in [0.05, 0.1) is 0 Å². The lowest BCUT2D eigenvalue weighted by Gasteiger charge is -2.15. The van der Waals surface area contributed by atoms with Crippen LogP contribution in [-0.4, -0.2) is 24.0 Å². The zero-order valence-corrected chi connectivity index (χ0v) is 9.70. The molecule has 1 aliphatic heterocycles. The lowest BCUT2D eigenvalue weighted by atomic mass is 10.2. The van der Waals surface area contributed by atoms with Gasteiger partial charge in [-0.1, -0.05) is 34.1 Å². The molecule has 1 saturated heterocycles. The van der Waals surface area contributed by atoms with Gasteiger partial charge < -0.3 is 5.73 Å². The van der Waals surface area contributed by atoms with Crippen molar-refractivity contribution in [3.63, 3.8) is 0 Å². The van der Waals surface area contributed by atoms with Crippen LogP contribution in [0.25, 0.3) is 0 Å². The molecule has 3 heteroatoms. The van der Waals surface area contributed by atoms with Gasteiger partial charge in [0.1, 0.15) is 0 Å². The molecule has 1 aromatic rings. The van der Waals surface area contributed by atoms with Gasteiger partial charge >= 0.3 is 0 Å². The van der Waals surface area contributed by atoms with E-state index in [0.717, 1.165) is 26.1 Å². The van der Waals surface area contributed by atoms with Gasteiger partial charge in [-0.05, 0) is 18.1 Å². The Bertz CT molecular complexity index is 314. The van der Waals surface area contributed by atoms with Crippen molar-refractivity contribution in [3.05, 3.63) is 34.3 Å². The minimum atomic E-state index is 0.373. The second-order valence-corrected chi connectivity index (χ2v) is 4.73. The highest BCUT2D eigenvalue weighted by atomic mass is 79.9. The molecule has 0 saturated carbocycles. The van der Waals surface area contributed by atoms with Crippen LogP contribution in [0.5, 0.6) is 0 Å². The maximum Gasteiger partial charge on any atom is 0.0245 e. The van der Waals surface area contributed by atoms with Gasteiger partial charge in [-0.2, -0.15) is 0 Å². The first-order valence-corrected chi connectivity index (χ1v) is 5.76. The molecular weight excluding hydrogens is 240 g/mol. The van der Waals surface area contributed by atoms with Crippen LogP contribution in [0.15, 0.2) is 28.7 Å². The van der Waals surface area contributed by atoms with E-state index in [1.54, 1.807) is 0 Å². The van der Waals surface area contributed by atoms with E-state index in [0.29, 0.717) is 6.04 Å². The van der Waals surface area contributed by atoms with Gasteiger partial charge in [-0.15, -0.1) is 0 Å². The second-order valence-electron chi connectivity index (χ2n) is 3.88. The van der Waals surface area contributed by atoms with Crippen molar-refractivity contribution in [2.75, 3.05) is 13.1 Å². The van der Waals surface area contributed by atoms with E-state index in [9.17, 15) is 0 Å². The first-order valence-electron chi connectivity index (χ1n) is 4.97. The van der Waals surface area contributed by atoms with Gasteiger partial charge in [0.25, 0.3) is 0 Å². The van der Waals surface area contributed by atoms with Crippen LogP contribution in [0, 0.1) is 0 Å². The molecule has 1 aliphatic rings. The first kappa shape index (κ1) is 10.1. The lowest BCUT2D eigenvalue weighted by Crippen LogP contribution is -2.26. The van der Waals surface area contributed by atoms with Gasteiger partial charge in [0.2, 0.25) is 0 Å². The fourth-order valence-corrected chi connectivity index (χ4v) is 2.28. The third kappa shape index (κ3) is 2.35. The zero-order valence-electron chi connectivity index (χ0n) is 8.12. The van der Waals surface area contributed by atoms with Crippen molar-refractivity contribution in [3.8, 4) is 0 Å². The largest absolute Gasteiger partial charge is 0.326 e. The molecule has 0 spiro atoms. The standard InChI is InChI=1S/C11H15BrN2/c12-11-4-2-1-3-9(11)7-14-6-5-10(13)8-14/h1-4,10H,5-8,13H2/t10-/m0/s1. The van der Waals surface area contributed by atoms with Crippen molar-refractivity contribution in [1.82, 2.24) is 4.90 Å². The van der Waals surface area contributed by atoms with Crippen molar-refractivity contribution in [2.24, 2.45) is 5.73 Å². The molecule has 0 unspecified atom stereocenters. The summed E-state index contributed by atoms with van der Waals surface area (Å²) in [6.07, 6.45) is 1.13. The van der Waals surface area contributed by atoms with Gasteiger partial charge in [-0.25, -0.2) is 0 Å². The normalized spacial score (nSPS) is 22.9. The summed E-state index contributed by atoms with van der Waals surface area (Å²) in [7, 11) is 0. The molecular formula is C11H15BrN2. The van der Waals surface area contributed by atoms with E-state index >= 15 is 0 Å². The van der Waals surface area contributed by atoms with E-state index in [4.69, 9.17) is 5.73 Å². The topological polar surface area (TPSA) is 29.3 Å². The van der Waals surface area contributed by atoms with E-state index in [-0.39, 0.29) is 0 Å². The number of halogens is 1. The van der Waals surface area contributed by atoms with Crippen molar-refractivity contribution >= 4 is 15.9 Å². The molecule has 2 nitrogen and oxygen atoms in total. The third-order valence-electron chi connectivity index (χ3n) is 2.66. The summed E-state index contributed by atoms with van der Waals surface area (Å²) in [4.78, 5) is 2.41. The predicted molar refractivity (Wildman–Crippen MR) is 62.0 cm³/mol. The Kier molecular flexibility index (Phi) is 3.21. The van der Waals surface area contributed by atoms with Crippen LogP contribution in [0.3, 0.4) is 0 Å². The number of rotatable bonds is 2. The summed E-state index contributed by atoms with van der Waals surface area (Å²) in [5.74, 6) is 0. The maximum absolute atomic E-state index is 5.86. The molecule has 1 aromatic carbocycles. The third-order valence-corrected chi connectivity index (χ3v) is 3.43. The highest BCUT2D eigenvalue weighted by Gasteiger charge is 2.19. The summed E-state index contributed by atoms with van der Waals surface area (Å²) in [5.41, 5.74) is 7.21. The smallest absolute Gasteiger partial charge is 0.0245 e. The minimum absolute atomic E-state index is 0.373. The fraction of sp³-hybridized carbons (Fsp3) is 0.455. The summed E-state index contributed by atoms with van der Waals surface area (Å²) in [5, 5.41) is 0. The Balaban J connectivity index is 2.01. The molecule has 0 aliphatic carbocycles. The molecule has 0 bridgehead atoms. The number of nitrogens with two attached hydrogens (primary N) is 1. The zero-order chi connectivity index (χ0) is 9.97. The van der Waals surface area contributed by atoms with E-state index in [1.807, 2.05) is 6.07 Å². The molecule has 0 amide bonds. The fourth-order valence-electron chi connectivity index (χ4n) is 1.87. The SMILES string of the molecule is N[C@H]1CCN(Cc2ccccc2Br)C1. The van der Waals surface area contributed by atoms with Gasteiger partial charge in [0, 0.05) is 30.1 Å². The van der Waals surface area contributed by atoms with E-state index in [2.05, 4.69) is 39.0 Å². The number of nitrogens with zero attached hydrogens (tertiary/aromatic N) is 1. The second kappa shape index (κ2) is 4.43. The molecule has 2 rings (SSSR count). The van der Waals surface area contributed by atoms with Crippen LogP contribution in [0.4, 0.5) is 0 Å². The maximum atomic E-state index is 5.86. The number of hydrogen-bond donors (Lipinski definition) is 1. The Morgan fingerprint density at radius 2 is 2.21 bits per heavy atom. The number of benzene rings is 1. The first-order chi connectivity index (χ1) is 6.75. The summed E-state index contributed by atoms with van der Waals surface area (Å²) >= 11 is 3.56. The Morgan fingerprint density at radius 1 is 1.43 bits per heavy atom. The van der Waals surface area contributed by atoms with Crippen molar-refractivity contribution in [2.45, 2.75) is 19.0 Å². The number of hydrogen-bond acceptors (Lipinski definition) is 2. The number of likely N-dealkylation sites (tertiary alicyclic amines) is 1. The Labute approximate surface area is 93.2 Å². The molecule has 0 radical (unpaired) electrons. The Hall–Kier alpha value is -0.380. The average Bonchev–Trinajstić information content (AvgIpc) is 2.56. The predicted octanol–water partition coefficient (Wildman–Crippen LogP) is 1.98. The molecule has 1 fully saturated rings. The molecule has 1 atom stereocenters. The highest BCUT2D eigenvalue weighted by Crippen LogP contribution is 2.19. The van der Waals surface area contributed by atoms with E-state index < -0.39 is 0 Å². The lowest BCUT2D eigenvalue weighted by molar-refractivity contribution is 0.326. The molecule has 1 heterocycles. The van der Waals surface area contributed by atoms with Crippen LogP contribution >= 0.6 is 15.9 Å². The molecule has 2 N–H and O–H groups in total. The van der Waals surface area contributed by atoms with Gasteiger partial charge in [-0.3, -0.25) is 4.90 Å². The minimum Gasteiger partial charge on any atom is -0.326 e. The van der Waals surface area contributed by atoms with Crippen LogP contribution in [0.2, 0.25) is 0 Å². The van der Waals surface area contributed by atoms with E-state index in [1.165, 1.54) is 10.0 Å². The van der Waals surface area contributed by atoms with Crippen LogP contribution in [-0.2, 0) is 6.54 Å². The monoisotopic (exact) mass is 254 g/mol. The average molecular weight is 255 g/mol. The summed E-state index contributed by atoms with van der Waals surface area (Å²) in [6.45, 7) is 3.17. The Morgan fingerprint density at radius 3 is 2.86 bits per heavy atom. The molecule has 0 aromatic heterocycles. The summed E-state index contributed by atoms with van der Waals surface area (Å²) < 4.78 is 1.19. The summed E-state index contributed by atoms with van der Waals surface area (Å²) in [6, 6.07) is 8.75. The quantitative estimate of drug-likeness (QED) is 0.875. The van der Waals surface area contributed by atoms with Crippen LogP contribution in [0.1, 0.15) is 12.0 Å². The van der Waals surface area contributed by atoms with Gasteiger partial charge in [0.15, 0.2) is 0 Å². The van der Waals surface area contributed by atoms with Crippen molar-refractivity contribution < 1.29 is 0 Å². The molecule has 76 valence electrons.